The highest BCUT2D eigenvalue weighted by atomic mass is 16.4. The number of amides is 1. The first kappa shape index (κ1) is 11.7. The molecule has 1 saturated heterocycles. The summed E-state index contributed by atoms with van der Waals surface area (Å²) < 4.78 is 5.43. The Bertz CT molecular complexity index is 439. The minimum Gasteiger partial charge on any atom is -0.437 e. The number of rotatable bonds is 2. The van der Waals surface area contributed by atoms with E-state index in [1.807, 2.05) is 4.90 Å². The lowest BCUT2D eigenvalue weighted by molar-refractivity contribution is -0.127. The van der Waals surface area contributed by atoms with E-state index in [1.165, 1.54) is 6.92 Å². The third-order valence-corrected chi connectivity index (χ3v) is 2.92. The van der Waals surface area contributed by atoms with Gasteiger partial charge in [0.1, 0.15) is 0 Å². The first-order valence-electron chi connectivity index (χ1n) is 5.67. The average Bonchev–Trinajstić information content (AvgIpc) is 2.70. The number of hydrogen-bond acceptors (Lipinski definition) is 4. The summed E-state index contributed by atoms with van der Waals surface area (Å²) in [7, 11) is 1.80. The highest BCUT2D eigenvalue weighted by molar-refractivity contribution is 5.91. The van der Waals surface area contributed by atoms with Gasteiger partial charge in [-0.3, -0.25) is 9.59 Å². The molecule has 2 heterocycles. The molecule has 1 fully saturated rings. The molecular weight excluding hydrogens is 220 g/mol. The first-order chi connectivity index (χ1) is 8.08. The second-order valence-electron chi connectivity index (χ2n) is 4.28. The van der Waals surface area contributed by atoms with Crippen LogP contribution in [0.2, 0.25) is 0 Å². The minimum absolute atomic E-state index is 0.0725. The van der Waals surface area contributed by atoms with Crippen LogP contribution in [-0.2, 0) is 4.79 Å². The molecule has 1 amide bonds. The molecule has 0 radical (unpaired) electrons. The van der Waals surface area contributed by atoms with Crippen molar-refractivity contribution in [1.29, 1.82) is 0 Å². The third kappa shape index (κ3) is 2.49. The highest BCUT2D eigenvalue weighted by Gasteiger charge is 2.21. The summed E-state index contributed by atoms with van der Waals surface area (Å²) in [5.74, 6) is 0.904. The molecule has 0 unspecified atom stereocenters. The summed E-state index contributed by atoms with van der Waals surface area (Å²) in [6.45, 7) is 3.29. The molecule has 0 saturated carbocycles. The molecule has 17 heavy (non-hydrogen) atoms. The number of Topliss-reactive ketones (excluding diaryl/α,β-unsaturated/α-hetero) is 1. The molecule has 1 aliphatic rings. The lowest BCUT2D eigenvalue weighted by Gasteiger charge is -2.18. The molecule has 0 N–H and O–H groups in total. The maximum Gasteiger partial charge on any atom is 0.241 e. The number of carbonyl (C=O) groups excluding carboxylic acids is 2. The molecule has 1 aliphatic heterocycles. The van der Waals surface area contributed by atoms with Gasteiger partial charge in [0.2, 0.25) is 5.91 Å². The number of hydrogen-bond donors (Lipinski definition) is 0. The van der Waals surface area contributed by atoms with Crippen LogP contribution in [-0.4, -0.2) is 43.3 Å². The molecule has 1 aromatic heterocycles. The zero-order valence-electron chi connectivity index (χ0n) is 10.1. The number of nitrogens with zero attached hydrogens (tertiary/aromatic N) is 2. The minimum atomic E-state index is -0.102. The van der Waals surface area contributed by atoms with Gasteiger partial charge in [-0.25, -0.2) is 0 Å². The fraction of sp³-hybridized carbons (Fsp3) is 0.500. The summed E-state index contributed by atoms with van der Waals surface area (Å²) >= 11 is 0. The van der Waals surface area contributed by atoms with Gasteiger partial charge in [-0.15, -0.1) is 0 Å². The molecule has 1 aromatic rings. The van der Waals surface area contributed by atoms with Crippen LogP contribution >= 0.6 is 0 Å². The Kier molecular flexibility index (Phi) is 3.17. The second-order valence-corrected chi connectivity index (χ2v) is 4.28. The lowest BCUT2D eigenvalue weighted by Crippen LogP contribution is -2.34. The van der Waals surface area contributed by atoms with E-state index < -0.39 is 0 Å². The predicted molar refractivity (Wildman–Crippen MR) is 63.2 cm³/mol. The number of carbonyl (C=O) groups is 2. The topological polar surface area (TPSA) is 53.8 Å². The van der Waals surface area contributed by atoms with Crippen LogP contribution in [0.25, 0.3) is 0 Å². The summed E-state index contributed by atoms with van der Waals surface area (Å²) in [4.78, 5) is 26.4. The number of furan rings is 1. The van der Waals surface area contributed by atoms with Crippen LogP contribution in [0.1, 0.15) is 23.9 Å². The largest absolute Gasteiger partial charge is 0.437 e. The quantitative estimate of drug-likeness (QED) is 0.723. The number of likely N-dealkylation sites (N-methyl/N-ethyl adjacent to an activating group) is 1. The smallest absolute Gasteiger partial charge is 0.241 e. The van der Waals surface area contributed by atoms with Gasteiger partial charge in [0.15, 0.2) is 17.4 Å². The Labute approximate surface area is 100.0 Å². The molecule has 0 atom stereocenters. The third-order valence-electron chi connectivity index (χ3n) is 2.92. The normalized spacial score (nSPS) is 17.2. The second kappa shape index (κ2) is 4.61. The lowest BCUT2D eigenvalue weighted by atomic mass is 10.3. The Morgan fingerprint density at radius 3 is 2.76 bits per heavy atom. The molecule has 2 rings (SSSR count). The number of ketones is 1. The fourth-order valence-electron chi connectivity index (χ4n) is 1.86. The van der Waals surface area contributed by atoms with E-state index >= 15 is 0 Å². The predicted octanol–water partition coefficient (Wildman–Crippen LogP) is 1.15. The SMILES string of the molecule is CC(=O)c1ccc(N2CCCN(C)C(=O)C2)o1. The first-order valence-corrected chi connectivity index (χ1v) is 5.67. The van der Waals surface area contributed by atoms with Crippen molar-refractivity contribution >= 4 is 17.6 Å². The molecule has 92 valence electrons. The van der Waals surface area contributed by atoms with E-state index in [4.69, 9.17) is 4.42 Å². The van der Waals surface area contributed by atoms with Crippen LogP contribution in [0.15, 0.2) is 16.5 Å². The van der Waals surface area contributed by atoms with E-state index in [-0.39, 0.29) is 11.7 Å². The van der Waals surface area contributed by atoms with E-state index in [0.717, 1.165) is 19.5 Å². The van der Waals surface area contributed by atoms with Gasteiger partial charge in [-0.2, -0.15) is 0 Å². The summed E-state index contributed by atoms with van der Waals surface area (Å²) in [6, 6.07) is 3.39. The van der Waals surface area contributed by atoms with Crippen molar-refractivity contribution in [3.8, 4) is 0 Å². The van der Waals surface area contributed by atoms with Crippen molar-refractivity contribution in [3.63, 3.8) is 0 Å². The van der Waals surface area contributed by atoms with Gasteiger partial charge in [-0.05, 0) is 12.5 Å². The maximum absolute atomic E-state index is 11.7. The summed E-state index contributed by atoms with van der Waals surface area (Å²) in [6.07, 6.45) is 0.901. The maximum atomic E-state index is 11.7. The Morgan fingerprint density at radius 1 is 1.35 bits per heavy atom. The summed E-state index contributed by atoms with van der Waals surface area (Å²) in [5, 5.41) is 0. The number of anilines is 1. The molecule has 0 spiro atoms. The zero-order valence-corrected chi connectivity index (χ0v) is 10.1. The van der Waals surface area contributed by atoms with Gasteiger partial charge in [-0.1, -0.05) is 0 Å². The van der Waals surface area contributed by atoms with Crippen molar-refractivity contribution in [2.75, 3.05) is 31.6 Å². The average molecular weight is 236 g/mol. The monoisotopic (exact) mass is 236 g/mol. The van der Waals surface area contributed by atoms with E-state index in [0.29, 0.717) is 18.2 Å². The van der Waals surface area contributed by atoms with Gasteiger partial charge in [0, 0.05) is 33.1 Å². The van der Waals surface area contributed by atoms with Crippen molar-refractivity contribution in [3.05, 3.63) is 17.9 Å². The van der Waals surface area contributed by atoms with Crippen molar-refractivity contribution in [2.45, 2.75) is 13.3 Å². The van der Waals surface area contributed by atoms with Crippen LogP contribution in [0, 0.1) is 0 Å². The van der Waals surface area contributed by atoms with Crippen molar-refractivity contribution in [2.24, 2.45) is 0 Å². The van der Waals surface area contributed by atoms with Gasteiger partial charge in [0.05, 0.1) is 6.54 Å². The Balaban J connectivity index is 2.15. The van der Waals surface area contributed by atoms with Crippen LogP contribution < -0.4 is 4.90 Å². The van der Waals surface area contributed by atoms with Crippen LogP contribution in [0.5, 0.6) is 0 Å². The van der Waals surface area contributed by atoms with Gasteiger partial charge >= 0.3 is 0 Å². The highest BCUT2D eigenvalue weighted by Crippen LogP contribution is 2.20. The standard InChI is InChI=1S/C12H16N2O3/c1-9(15)10-4-5-12(17-10)14-7-3-6-13(2)11(16)8-14/h4-5H,3,6-8H2,1-2H3. The molecular formula is C12H16N2O3. The van der Waals surface area contributed by atoms with Gasteiger partial charge < -0.3 is 14.2 Å². The molecule has 5 nitrogen and oxygen atoms in total. The van der Waals surface area contributed by atoms with E-state index in [2.05, 4.69) is 0 Å². The van der Waals surface area contributed by atoms with E-state index in [9.17, 15) is 9.59 Å². The molecule has 5 heteroatoms. The van der Waals surface area contributed by atoms with E-state index in [1.54, 1.807) is 24.1 Å². The molecule has 0 bridgehead atoms. The Hall–Kier alpha value is -1.78. The van der Waals surface area contributed by atoms with Gasteiger partial charge in [0.25, 0.3) is 0 Å². The van der Waals surface area contributed by atoms with Crippen molar-refractivity contribution in [1.82, 2.24) is 4.90 Å². The van der Waals surface area contributed by atoms with Crippen molar-refractivity contribution < 1.29 is 14.0 Å². The Morgan fingerprint density at radius 2 is 2.12 bits per heavy atom. The fourth-order valence-corrected chi connectivity index (χ4v) is 1.86. The summed E-state index contributed by atoms with van der Waals surface area (Å²) in [5.41, 5.74) is 0. The van der Waals surface area contributed by atoms with Crippen LogP contribution in [0.4, 0.5) is 5.88 Å². The zero-order chi connectivity index (χ0) is 12.4. The van der Waals surface area contributed by atoms with Crippen LogP contribution in [0.3, 0.4) is 0 Å². The molecule has 0 aromatic carbocycles. The molecule has 0 aliphatic carbocycles.